The number of nitrogens with one attached hydrogen (secondary N) is 1. The van der Waals surface area contributed by atoms with Crippen molar-refractivity contribution in [3.63, 3.8) is 0 Å². The van der Waals surface area contributed by atoms with Gasteiger partial charge in [0.25, 0.3) is 11.8 Å². The van der Waals surface area contributed by atoms with Gasteiger partial charge in [0.15, 0.2) is 6.61 Å². The van der Waals surface area contributed by atoms with Gasteiger partial charge in [0.05, 0.1) is 5.56 Å². The summed E-state index contributed by atoms with van der Waals surface area (Å²) in [5.41, 5.74) is 0.458. The van der Waals surface area contributed by atoms with E-state index in [1.165, 1.54) is 0 Å². The lowest BCUT2D eigenvalue weighted by molar-refractivity contribution is -0.154. The molecule has 1 aromatic rings. The first-order valence-corrected chi connectivity index (χ1v) is 8.08. The number of hydrogen-bond acceptors (Lipinski definition) is 5. The van der Waals surface area contributed by atoms with Crippen molar-refractivity contribution in [3.8, 4) is 0 Å². The number of rotatable bonds is 5. The van der Waals surface area contributed by atoms with E-state index in [0.717, 1.165) is 8.47 Å². The lowest BCUT2D eigenvalue weighted by atomic mass is 10.2. The highest BCUT2D eigenvalue weighted by Crippen LogP contribution is 2.11. The Morgan fingerprint density at radius 1 is 1.26 bits per heavy atom. The normalized spacial score (nSPS) is 13.8. The van der Waals surface area contributed by atoms with E-state index in [9.17, 15) is 19.2 Å². The smallest absolute Gasteiger partial charge is 0.325 e. The molecule has 0 spiro atoms. The minimum Gasteiger partial charge on any atom is -0.454 e. The summed E-state index contributed by atoms with van der Waals surface area (Å²) in [6, 6.07) is 6.95. The summed E-state index contributed by atoms with van der Waals surface area (Å²) in [7, 11) is 0. The number of ether oxygens (including phenoxy) is 1. The van der Waals surface area contributed by atoms with Gasteiger partial charge in [-0.15, -0.1) is 0 Å². The van der Waals surface area contributed by atoms with Crippen LogP contribution in [0.15, 0.2) is 24.3 Å². The van der Waals surface area contributed by atoms with E-state index in [-0.39, 0.29) is 12.5 Å². The molecular weight excluding hydrogens is 415 g/mol. The molecule has 0 aliphatic carbocycles. The van der Waals surface area contributed by atoms with Crippen LogP contribution >= 0.6 is 22.6 Å². The van der Waals surface area contributed by atoms with Crippen LogP contribution in [0.2, 0.25) is 0 Å². The van der Waals surface area contributed by atoms with Crippen LogP contribution < -0.4 is 5.32 Å². The van der Waals surface area contributed by atoms with E-state index in [1.807, 2.05) is 22.6 Å². The van der Waals surface area contributed by atoms with E-state index in [2.05, 4.69) is 5.32 Å². The number of halogens is 1. The van der Waals surface area contributed by atoms with Gasteiger partial charge >= 0.3 is 5.97 Å². The maximum Gasteiger partial charge on any atom is 0.325 e. The zero-order chi connectivity index (χ0) is 16.8. The molecule has 0 atom stereocenters. The van der Waals surface area contributed by atoms with Gasteiger partial charge in [-0.05, 0) is 41.1 Å². The fourth-order valence-electron chi connectivity index (χ4n) is 2.08. The van der Waals surface area contributed by atoms with Gasteiger partial charge in [-0.1, -0.05) is 12.1 Å². The molecule has 0 radical (unpaired) electrons. The first-order chi connectivity index (χ1) is 11.0. The van der Waals surface area contributed by atoms with Gasteiger partial charge in [-0.2, -0.15) is 0 Å². The molecule has 122 valence electrons. The Morgan fingerprint density at radius 3 is 2.65 bits per heavy atom. The van der Waals surface area contributed by atoms with Gasteiger partial charge in [0, 0.05) is 16.5 Å². The Balaban J connectivity index is 1.75. The molecule has 0 unspecified atom stereocenters. The fraction of sp³-hybridized carbons (Fsp3) is 0.333. The van der Waals surface area contributed by atoms with Gasteiger partial charge in [-0.3, -0.25) is 24.1 Å². The van der Waals surface area contributed by atoms with Crippen molar-refractivity contribution in [1.82, 2.24) is 10.2 Å². The molecule has 0 saturated carbocycles. The molecule has 7 nitrogen and oxygen atoms in total. The molecule has 1 N–H and O–H groups in total. The highest BCUT2D eigenvalue weighted by atomic mass is 127. The number of esters is 1. The Bertz CT molecular complexity index is 647. The summed E-state index contributed by atoms with van der Waals surface area (Å²) in [5, 5.41) is 2.43. The third kappa shape index (κ3) is 4.75. The maximum atomic E-state index is 11.9. The summed E-state index contributed by atoms with van der Waals surface area (Å²) in [4.78, 5) is 47.6. The van der Waals surface area contributed by atoms with E-state index >= 15 is 0 Å². The largest absolute Gasteiger partial charge is 0.454 e. The van der Waals surface area contributed by atoms with Crippen molar-refractivity contribution in [1.29, 1.82) is 0 Å². The standard InChI is InChI=1S/C15H15IN2O5/c16-11-5-2-1-4-10(11)15(22)17-8-14(21)23-9-13(20)18-7-3-6-12(18)19/h1-2,4-5H,3,6-9H2,(H,17,22). The molecule has 1 aliphatic rings. The number of likely N-dealkylation sites (tertiary alicyclic amines) is 1. The van der Waals surface area contributed by atoms with Crippen LogP contribution in [0.5, 0.6) is 0 Å². The average Bonchev–Trinajstić information content (AvgIpc) is 2.97. The Kier molecular flexibility index (Phi) is 6.08. The van der Waals surface area contributed by atoms with E-state index in [1.54, 1.807) is 24.3 Å². The van der Waals surface area contributed by atoms with E-state index in [0.29, 0.717) is 24.9 Å². The minimum absolute atomic E-state index is 0.252. The molecule has 8 heteroatoms. The van der Waals surface area contributed by atoms with Crippen LogP contribution in [0.1, 0.15) is 23.2 Å². The molecule has 1 aliphatic heterocycles. The molecule has 0 aromatic heterocycles. The second-order valence-electron chi connectivity index (χ2n) is 4.87. The van der Waals surface area contributed by atoms with Crippen LogP contribution in [0.25, 0.3) is 0 Å². The molecule has 1 heterocycles. The number of carbonyl (C=O) groups excluding carboxylic acids is 4. The monoisotopic (exact) mass is 430 g/mol. The zero-order valence-corrected chi connectivity index (χ0v) is 14.4. The minimum atomic E-state index is -0.732. The van der Waals surface area contributed by atoms with Gasteiger partial charge in [-0.25, -0.2) is 0 Å². The van der Waals surface area contributed by atoms with Crippen molar-refractivity contribution in [2.75, 3.05) is 19.7 Å². The van der Waals surface area contributed by atoms with Crippen molar-refractivity contribution < 1.29 is 23.9 Å². The van der Waals surface area contributed by atoms with Gasteiger partial charge in [0.1, 0.15) is 6.54 Å². The number of imide groups is 1. The third-order valence-corrected chi connectivity index (χ3v) is 4.18. The highest BCUT2D eigenvalue weighted by molar-refractivity contribution is 14.1. The third-order valence-electron chi connectivity index (χ3n) is 3.24. The van der Waals surface area contributed by atoms with Crippen molar-refractivity contribution in [3.05, 3.63) is 33.4 Å². The fourth-order valence-corrected chi connectivity index (χ4v) is 2.71. The molecular formula is C15H15IN2O5. The predicted molar refractivity (Wildman–Crippen MR) is 88.4 cm³/mol. The van der Waals surface area contributed by atoms with Crippen LogP contribution in [0.4, 0.5) is 0 Å². The second-order valence-corrected chi connectivity index (χ2v) is 6.03. The Hall–Kier alpha value is -1.97. The summed E-state index contributed by atoms with van der Waals surface area (Å²) in [5.74, 6) is -1.92. The lowest BCUT2D eigenvalue weighted by Crippen LogP contribution is -2.37. The van der Waals surface area contributed by atoms with Crippen molar-refractivity contribution in [2.45, 2.75) is 12.8 Å². The predicted octanol–water partition coefficient (Wildman–Crippen LogP) is 0.713. The second kappa shape index (κ2) is 8.04. The summed E-state index contributed by atoms with van der Waals surface area (Å²) in [6.45, 7) is -0.479. The lowest BCUT2D eigenvalue weighted by Gasteiger charge is -2.13. The van der Waals surface area contributed by atoms with Crippen LogP contribution in [-0.4, -0.2) is 48.3 Å². The van der Waals surface area contributed by atoms with Crippen molar-refractivity contribution in [2.24, 2.45) is 0 Å². The molecule has 3 amide bonds. The van der Waals surface area contributed by atoms with E-state index in [4.69, 9.17) is 4.74 Å². The number of hydrogen-bond donors (Lipinski definition) is 1. The summed E-state index contributed by atoms with van der Waals surface area (Å²) < 4.78 is 5.54. The van der Waals surface area contributed by atoms with Crippen molar-refractivity contribution >= 4 is 46.3 Å². The van der Waals surface area contributed by atoms with Crippen LogP contribution in [0, 0.1) is 3.57 Å². The molecule has 0 bridgehead atoms. The topological polar surface area (TPSA) is 92.8 Å². The number of amides is 3. The van der Waals surface area contributed by atoms with E-state index < -0.39 is 24.4 Å². The zero-order valence-electron chi connectivity index (χ0n) is 12.2. The molecule has 23 heavy (non-hydrogen) atoms. The Labute approximate surface area is 146 Å². The average molecular weight is 430 g/mol. The van der Waals surface area contributed by atoms with Gasteiger partial charge in [0.2, 0.25) is 5.91 Å². The molecule has 2 rings (SSSR count). The van der Waals surface area contributed by atoms with Gasteiger partial charge < -0.3 is 10.1 Å². The summed E-state index contributed by atoms with van der Waals surface area (Å²) >= 11 is 2.02. The quantitative estimate of drug-likeness (QED) is 0.549. The molecule has 1 aromatic carbocycles. The first kappa shape index (κ1) is 17.4. The van der Waals surface area contributed by atoms with Crippen LogP contribution in [-0.2, 0) is 19.1 Å². The summed E-state index contributed by atoms with van der Waals surface area (Å²) in [6.07, 6.45) is 0.968. The van der Waals surface area contributed by atoms with Crippen LogP contribution in [0.3, 0.4) is 0 Å². The number of benzene rings is 1. The maximum absolute atomic E-state index is 11.9. The SMILES string of the molecule is O=C(CNC(=O)c1ccccc1I)OCC(=O)N1CCCC1=O. The number of carbonyl (C=O) groups is 4. The highest BCUT2D eigenvalue weighted by Gasteiger charge is 2.26. The first-order valence-electron chi connectivity index (χ1n) is 7.00. The molecule has 1 fully saturated rings. The number of nitrogens with zero attached hydrogens (tertiary/aromatic N) is 1. The Morgan fingerprint density at radius 2 is 2.00 bits per heavy atom. The molecule has 1 saturated heterocycles.